The van der Waals surface area contributed by atoms with E-state index in [1.54, 1.807) is 30.3 Å². The molecule has 0 bridgehead atoms. The molecule has 3 heteroatoms. The minimum Gasteiger partial charge on any atom is -0.294 e. The summed E-state index contributed by atoms with van der Waals surface area (Å²) in [7, 11) is 0. The van der Waals surface area contributed by atoms with Crippen molar-refractivity contribution in [1.29, 1.82) is 0 Å². The molecule has 0 spiro atoms. The van der Waals surface area contributed by atoms with Crippen molar-refractivity contribution in [3.05, 3.63) is 47.5 Å². The summed E-state index contributed by atoms with van der Waals surface area (Å²) in [4.78, 5) is 11.6. The van der Waals surface area contributed by atoms with E-state index in [-0.39, 0.29) is 5.78 Å². The molecule has 0 heterocycles. The number of hydrogen-bond acceptors (Lipinski definition) is 1. The van der Waals surface area contributed by atoms with Crippen molar-refractivity contribution in [2.24, 2.45) is 5.92 Å². The Morgan fingerprint density at radius 1 is 1.24 bits per heavy atom. The lowest BCUT2D eigenvalue weighted by molar-refractivity contribution is -0.0151. The number of Topliss-reactive ketones (excluding diaryl/α,β-unsaturated/α-hetero) is 1. The van der Waals surface area contributed by atoms with Gasteiger partial charge in [-0.3, -0.25) is 4.79 Å². The molecule has 0 amide bonds. The van der Waals surface area contributed by atoms with Crippen molar-refractivity contribution < 1.29 is 13.6 Å². The van der Waals surface area contributed by atoms with Gasteiger partial charge in [-0.2, -0.15) is 0 Å². The van der Waals surface area contributed by atoms with Gasteiger partial charge < -0.3 is 0 Å². The van der Waals surface area contributed by atoms with Crippen LogP contribution in [0.1, 0.15) is 54.9 Å². The molecule has 1 aliphatic carbocycles. The molecule has 1 nitrogen and oxygen atoms in total. The van der Waals surface area contributed by atoms with Gasteiger partial charge in [-0.15, -0.1) is 0 Å². The standard InChI is InChI=1S/C18H22F2O/c1-2-17(21)15-10-8-14(9-11-15)13-16-7-5-3-4-6-12-18(16,19)20/h6,8-12,16H,2-5,7,13H2,1H3/b12-6-. The van der Waals surface area contributed by atoms with Crippen molar-refractivity contribution in [1.82, 2.24) is 0 Å². The first-order chi connectivity index (χ1) is 10.0. The lowest BCUT2D eigenvalue weighted by Gasteiger charge is -2.26. The highest BCUT2D eigenvalue weighted by atomic mass is 19.3. The minimum absolute atomic E-state index is 0.0840. The van der Waals surface area contributed by atoms with Crippen molar-refractivity contribution >= 4 is 5.78 Å². The van der Waals surface area contributed by atoms with Gasteiger partial charge in [-0.1, -0.05) is 43.7 Å². The molecule has 114 valence electrons. The van der Waals surface area contributed by atoms with Gasteiger partial charge in [0.1, 0.15) is 0 Å². The van der Waals surface area contributed by atoms with Gasteiger partial charge in [0, 0.05) is 17.9 Å². The van der Waals surface area contributed by atoms with E-state index in [0.29, 0.717) is 24.8 Å². The number of hydrogen-bond donors (Lipinski definition) is 0. The van der Waals surface area contributed by atoms with E-state index in [1.165, 1.54) is 0 Å². The largest absolute Gasteiger partial charge is 0.294 e. The predicted molar refractivity (Wildman–Crippen MR) is 80.8 cm³/mol. The lowest BCUT2D eigenvalue weighted by atomic mass is 9.86. The third-order valence-electron chi connectivity index (χ3n) is 4.14. The average molecular weight is 292 g/mol. The number of ketones is 1. The van der Waals surface area contributed by atoms with Gasteiger partial charge in [0.25, 0.3) is 5.92 Å². The summed E-state index contributed by atoms with van der Waals surface area (Å²) >= 11 is 0. The number of allylic oxidation sites excluding steroid dienone is 2. The van der Waals surface area contributed by atoms with E-state index < -0.39 is 11.8 Å². The number of benzene rings is 1. The smallest absolute Gasteiger partial charge is 0.269 e. The van der Waals surface area contributed by atoms with Crippen LogP contribution < -0.4 is 0 Å². The fourth-order valence-corrected chi connectivity index (χ4v) is 2.78. The van der Waals surface area contributed by atoms with E-state index in [9.17, 15) is 13.6 Å². The van der Waals surface area contributed by atoms with Crippen molar-refractivity contribution in [2.75, 3.05) is 0 Å². The molecule has 1 aromatic carbocycles. The van der Waals surface area contributed by atoms with Crippen LogP contribution in [-0.2, 0) is 6.42 Å². The van der Waals surface area contributed by atoms with E-state index >= 15 is 0 Å². The lowest BCUT2D eigenvalue weighted by Crippen LogP contribution is -2.28. The third-order valence-corrected chi connectivity index (χ3v) is 4.14. The number of halogens is 2. The Bertz CT molecular complexity index is 502. The Labute approximate surface area is 125 Å². The van der Waals surface area contributed by atoms with E-state index in [4.69, 9.17) is 0 Å². The third kappa shape index (κ3) is 4.23. The maximum atomic E-state index is 14.1. The summed E-state index contributed by atoms with van der Waals surface area (Å²) in [5.74, 6) is -3.30. The molecule has 0 N–H and O–H groups in total. The molecular weight excluding hydrogens is 270 g/mol. The van der Waals surface area contributed by atoms with Crippen LogP contribution in [0.4, 0.5) is 8.78 Å². The first kappa shape index (κ1) is 15.9. The zero-order valence-corrected chi connectivity index (χ0v) is 12.4. The monoisotopic (exact) mass is 292 g/mol. The summed E-state index contributed by atoms with van der Waals surface area (Å²) in [6, 6.07) is 7.11. The van der Waals surface area contributed by atoms with Crippen molar-refractivity contribution in [2.45, 2.75) is 51.4 Å². The molecule has 0 saturated heterocycles. The second-order valence-corrected chi connectivity index (χ2v) is 5.74. The molecule has 0 fully saturated rings. The molecule has 1 unspecified atom stereocenters. The Hall–Kier alpha value is -1.51. The number of rotatable bonds is 4. The quantitative estimate of drug-likeness (QED) is 0.550. The second-order valence-electron chi connectivity index (χ2n) is 5.74. The van der Waals surface area contributed by atoms with Crippen LogP contribution >= 0.6 is 0 Å². The molecule has 0 saturated carbocycles. The van der Waals surface area contributed by atoms with Gasteiger partial charge in [0.05, 0.1) is 0 Å². The number of carbonyl (C=O) groups excluding carboxylic acids is 1. The molecule has 1 aromatic rings. The summed E-state index contributed by atoms with van der Waals surface area (Å²) in [6.07, 6.45) is 6.62. The summed E-state index contributed by atoms with van der Waals surface area (Å²) in [6.45, 7) is 1.82. The Balaban J connectivity index is 2.10. The minimum atomic E-state index is -2.74. The predicted octanol–water partition coefficient (Wildman–Crippen LogP) is 5.20. The normalized spacial score (nSPS) is 23.1. The van der Waals surface area contributed by atoms with Crippen LogP contribution in [0.5, 0.6) is 0 Å². The van der Waals surface area contributed by atoms with Crippen LogP contribution in [-0.4, -0.2) is 11.7 Å². The maximum Gasteiger partial charge on any atom is 0.269 e. The Morgan fingerprint density at radius 2 is 1.95 bits per heavy atom. The zero-order valence-electron chi connectivity index (χ0n) is 12.4. The number of carbonyl (C=O) groups is 1. The van der Waals surface area contributed by atoms with Gasteiger partial charge in [-0.05, 0) is 37.3 Å². The van der Waals surface area contributed by atoms with E-state index in [2.05, 4.69) is 0 Å². The molecule has 1 atom stereocenters. The summed E-state index contributed by atoms with van der Waals surface area (Å²) in [5.41, 5.74) is 1.53. The highest BCUT2D eigenvalue weighted by molar-refractivity contribution is 5.95. The first-order valence-electron chi connectivity index (χ1n) is 7.70. The van der Waals surface area contributed by atoms with Gasteiger partial charge in [-0.25, -0.2) is 8.78 Å². The second kappa shape index (κ2) is 6.97. The zero-order chi connectivity index (χ0) is 15.3. The first-order valence-corrected chi connectivity index (χ1v) is 7.70. The number of alkyl halides is 2. The fourth-order valence-electron chi connectivity index (χ4n) is 2.78. The topological polar surface area (TPSA) is 17.1 Å². The molecule has 2 rings (SSSR count). The molecule has 0 radical (unpaired) electrons. The Kier molecular flexibility index (Phi) is 5.27. The van der Waals surface area contributed by atoms with Crippen molar-refractivity contribution in [3.8, 4) is 0 Å². The van der Waals surface area contributed by atoms with Crippen LogP contribution in [0.15, 0.2) is 36.4 Å². The molecule has 21 heavy (non-hydrogen) atoms. The van der Waals surface area contributed by atoms with Crippen LogP contribution in [0.25, 0.3) is 0 Å². The SMILES string of the molecule is CCC(=O)c1ccc(CC2CCCC/C=C\C2(F)F)cc1. The fraction of sp³-hybridized carbons (Fsp3) is 0.500. The van der Waals surface area contributed by atoms with Gasteiger partial charge in [0.15, 0.2) is 5.78 Å². The Morgan fingerprint density at radius 3 is 2.62 bits per heavy atom. The molecule has 0 aliphatic heterocycles. The van der Waals surface area contributed by atoms with E-state index in [0.717, 1.165) is 30.9 Å². The molecular formula is C18H22F2O. The van der Waals surface area contributed by atoms with Gasteiger partial charge >= 0.3 is 0 Å². The molecule has 0 aromatic heterocycles. The average Bonchev–Trinajstić information content (AvgIpc) is 2.47. The van der Waals surface area contributed by atoms with Crippen LogP contribution in [0.2, 0.25) is 0 Å². The maximum absolute atomic E-state index is 14.1. The highest BCUT2D eigenvalue weighted by Crippen LogP contribution is 2.35. The van der Waals surface area contributed by atoms with E-state index in [1.807, 2.05) is 6.92 Å². The highest BCUT2D eigenvalue weighted by Gasteiger charge is 2.36. The van der Waals surface area contributed by atoms with Crippen molar-refractivity contribution in [3.63, 3.8) is 0 Å². The van der Waals surface area contributed by atoms with Gasteiger partial charge in [0.2, 0.25) is 0 Å². The van der Waals surface area contributed by atoms with Crippen LogP contribution in [0, 0.1) is 5.92 Å². The van der Waals surface area contributed by atoms with Crippen LogP contribution in [0.3, 0.4) is 0 Å². The molecule has 1 aliphatic rings. The summed E-state index contributed by atoms with van der Waals surface area (Å²) < 4.78 is 28.2. The summed E-state index contributed by atoms with van der Waals surface area (Å²) in [5, 5.41) is 0.